The van der Waals surface area contributed by atoms with Gasteiger partial charge in [-0.3, -0.25) is 9.79 Å². The highest BCUT2D eigenvalue weighted by molar-refractivity contribution is 6.08. The Labute approximate surface area is 70.0 Å². The molecule has 2 aliphatic rings. The van der Waals surface area contributed by atoms with Gasteiger partial charge >= 0.3 is 0 Å². The average molecular weight is 169 g/mol. The second-order valence-electron chi connectivity index (χ2n) is 3.10. The zero-order chi connectivity index (χ0) is 8.60. The molecule has 5 nitrogen and oxygen atoms in total. The summed E-state index contributed by atoms with van der Waals surface area (Å²) in [6.45, 7) is 2.26. The van der Waals surface area contributed by atoms with Crippen molar-refractivity contribution in [1.82, 2.24) is 5.32 Å². The molecule has 1 amide bonds. The van der Waals surface area contributed by atoms with Crippen LogP contribution >= 0.6 is 0 Å². The first-order valence-electron chi connectivity index (χ1n) is 3.92. The van der Waals surface area contributed by atoms with Crippen LogP contribution < -0.4 is 11.1 Å². The molecule has 0 saturated carbocycles. The van der Waals surface area contributed by atoms with E-state index in [1.165, 1.54) is 0 Å². The van der Waals surface area contributed by atoms with Gasteiger partial charge in [0.2, 0.25) is 5.91 Å². The van der Waals surface area contributed by atoms with E-state index in [1.807, 2.05) is 0 Å². The number of rotatable bonds is 2. The van der Waals surface area contributed by atoms with E-state index in [9.17, 15) is 4.79 Å². The third-order valence-corrected chi connectivity index (χ3v) is 2.30. The summed E-state index contributed by atoms with van der Waals surface area (Å²) in [5.41, 5.74) is 4.63. The zero-order valence-electron chi connectivity index (χ0n) is 6.67. The Morgan fingerprint density at radius 3 is 2.75 bits per heavy atom. The molecule has 1 fully saturated rings. The first-order valence-corrected chi connectivity index (χ1v) is 3.92. The SMILES string of the molecule is NC(=O)C1(C2=NCCN2)COC1. The molecule has 0 spiro atoms. The lowest BCUT2D eigenvalue weighted by atomic mass is 9.84. The predicted molar refractivity (Wildman–Crippen MR) is 42.8 cm³/mol. The Kier molecular flexibility index (Phi) is 1.54. The molecule has 0 aromatic carbocycles. The van der Waals surface area contributed by atoms with E-state index < -0.39 is 5.41 Å². The van der Waals surface area contributed by atoms with E-state index in [2.05, 4.69) is 10.3 Å². The summed E-state index contributed by atoms with van der Waals surface area (Å²) in [7, 11) is 0. The molecule has 1 saturated heterocycles. The normalized spacial score (nSPS) is 25.5. The maximum atomic E-state index is 11.1. The van der Waals surface area contributed by atoms with Gasteiger partial charge in [-0.1, -0.05) is 0 Å². The number of ether oxygens (including phenoxy) is 1. The molecule has 2 aliphatic heterocycles. The van der Waals surface area contributed by atoms with E-state index in [0.717, 1.165) is 13.1 Å². The van der Waals surface area contributed by atoms with Crippen LogP contribution in [-0.2, 0) is 9.53 Å². The summed E-state index contributed by atoms with van der Waals surface area (Å²) in [5.74, 6) is 0.364. The first-order chi connectivity index (χ1) is 5.76. The molecule has 3 N–H and O–H groups in total. The Morgan fingerprint density at radius 1 is 1.67 bits per heavy atom. The number of hydrogen-bond donors (Lipinski definition) is 2. The van der Waals surface area contributed by atoms with E-state index in [1.54, 1.807) is 0 Å². The van der Waals surface area contributed by atoms with Crippen molar-refractivity contribution in [3.63, 3.8) is 0 Å². The van der Waals surface area contributed by atoms with Crippen LogP contribution in [0.5, 0.6) is 0 Å². The van der Waals surface area contributed by atoms with E-state index >= 15 is 0 Å². The Bertz CT molecular complexity index is 245. The molecule has 12 heavy (non-hydrogen) atoms. The van der Waals surface area contributed by atoms with Crippen LogP contribution in [0, 0.1) is 5.41 Å². The lowest BCUT2D eigenvalue weighted by Gasteiger charge is -2.38. The van der Waals surface area contributed by atoms with Crippen LogP contribution in [-0.4, -0.2) is 38.0 Å². The number of amides is 1. The number of amidine groups is 1. The number of nitrogens with one attached hydrogen (secondary N) is 1. The van der Waals surface area contributed by atoms with Crippen LogP contribution in [0.3, 0.4) is 0 Å². The quantitative estimate of drug-likeness (QED) is 0.527. The minimum absolute atomic E-state index is 0.345. The van der Waals surface area contributed by atoms with Gasteiger partial charge in [-0.2, -0.15) is 0 Å². The van der Waals surface area contributed by atoms with Crippen LogP contribution in [0.15, 0.2) is 4.99 Å². The van der Waals surface area contributed by atoms with E-state index in [0.29, 0.717) is 19.0 Å². The molecule has 2 heterocycles. The highest BCUT2D eigenvalue weighted by Gasteiger charge is 2.50. The van der Waals surface area contributed by atoms with E-state index in [4.69, 9.17) is 10.5 Å². The number of aliphatic imine (C=N–C) groups is 1. The van der Waals surface area contributed by atoms with E-state index in [-0.39, 0.29) is 5.91 Å². The number of carbonyl (C=O) groups excluding carboxylic acids is 1. The number of hydrogen-bond acceptors (Lipinski definition) is 4. The molecule has 66 valence electrons. The Hall–Kier alpha value is -1.10. The lowest BCUT2D eigenvalue weighted by molar-refractivity contribution is -0.144. The molecule has 5 heteroatoms. The second kappa shape index (κ2) is 2.45. The number of nitrogens with two attached hydrogens (primary N) is 1. The van der Waals surface area contributed by atoms with Crippen LogP contribution in [0.2, 0.25) is 0 Å². The van der Waals surface area contributed by atoms with Crippen LogP contribution in [0.1, 0.15) is 0 Å². The molecule has 0 radical (unpaired) electrons. The molecular weight excluding hydrogens is 158 g/mol. The Morgan fingerprint density at radius 2 is 2.42 bits per heavy atom. The van der Waals surface area contributed by atoms with Crippen molar-refractivity contribution in [2.45, 2.75) is 0 Å². The maximum absolute atomic E-state index is 11.1. The van der Waals surface area contributed by atoms with Crippen LogP contribution in [0.25, 0.3) is 0 Å². The highest BCUT2D eigenvalue weighted by atomic mass is 16.5. The van der Waals surface area contributed by atoms with Crippen molar-refractivity contribution in [3.8, 4) is 0 Å². The third kappa shape index (κ3) is 0.828. The largest absolute Gasteiger partial charge is 0.378 e. The number of carbonyl (C=O) groups is 1. The smallest absolute Gasteiger partial charge is 0.236 e. The van der Waals surface area contributed by atoms with Gasteiger partial charge in [0.25, 0.3) is 0 Å². The van der Waals surface area contributed by atoms with Crippen molar-refractivity contribution in [2.75, 3.05) is 26.3 Å². The summed E-state index contributed by atoms with van der Waals surface area (Å²) in [4.78, 5) is 15.3. The summed E-state index contributed by atoms with van der Waals surface area (Å²) in [5, 5.41) is 3.05. The topological polar surface area (TPSA) is 76.7 Å². The van der Waals surface area contributed by atoms with Crippen molar-refractivity contribution >= 4 is 11.7 Å². The molecule has 0 unspecified atom stereocenters. The summed E-state index contributed by atoms with van der Waals surface area (Å²) in [6.07, 6.45) is 0. The fourth-order valence-corrected chi connectivity index (χ4v) is 1.42. The minimum atomic E-state index is -0.642. The number of primary amides is 1. The first kappa shape index (κ1) is 7.54. The minimum Gasteiger partial charge on any atom is -0.378 e. The van der Waals surface area contributed by atoms with Gasteiger partial charge in [-0.05, 0) is 0 Å². The predicted octanol–water partition coefficient (Wildman–Crippen LogP) is -1.51. The van der Waals surface area contributed by atoms with Gasteiger partial charge in [0.15, 0.2) is 5.41 Å². The summed E-state index contributed by atoms with van der Waals surface area (Å²) >= 11 is 0. The lowest BCUT2D eigenvalue weighted by Crippen LogP contribution is -2.60. The molecule has 0 aliphatic carbocycles. The van der Waals surface area contributed by atoms with Crippen molar-refractivity contribution in [3.05, 3.63) is 0 Å². The average Bonchev–Trinajstić information content (AvgIpc) is 2.35. The van der Waals surface area contributed by atoms with Crippen molar-refractivity contribution in [2.24, 2.45) is 16.1 Å². The number of nitrogens with zero attached hydrogens (tertiary/aromatic N) is 1. The maximum Gasteiger partial charge on any atom is 0.236 e. The third-order valence-electron chi connectivity index (χ3n) is 2.30. The molecule has 0 bridgehead atoms. The van der Waals surface area contributed by atoms with Gasteiger partial charge in [0.05, 0.1) is 19.8 Å². The van der Waals surface area contributed by atoms with Gasteiger partial charge in [0, 0.05) is 6.54 Å². The monoisotopic (exact) mass is 169 g/mol. The fraction of sp³-hybridized carbons (Fsp3) is 0.714. The van der Waals surface area contributed by atoms with Gasteiger partial charge in [-0.25, -0.2) is 0 Å². The molecule has 2 rings (SSSR count). The standard InChI is InChI=1S/C7H11N3O2/c8-5(11)7(3-12-4-7)6-9-1-2-10-6/h1-4H2,(H2,8,11)(H,9,10). The molecule has 0 aromatic rings. The molecule has 0 aromatic heterocycles. The molecular formula is C7H11N3O2. The summed E-state index contributed by atoms with van der Waals surface area (Å²) < 4.78 is 4.99. The fourth-order valence-electron chi connectivity index (χ4n) is 1.42. The van der Waals surface area contributed by atoms with Crippen molar-refractivity contribution < 1.29 is 9.53 Å². The molecule has 0 atom stereocenters. The van der Waals surface area contributed by atoms with Gasteiger partial charge in [-0.15, -0.1) is 0 Å². The van der Waals surface area contributed by atoms with Gasteiger partial charge < -0.3 is 15.8 Å². The van der Waals surface area contributed by atoms with Crippen LogP contribution in [0.4, 0.5) is 0 Å². The highest BCUT2D eigenvalue weighted by Crippen LogP contribution is 2.28. The van der Waals surface area contributed by atoms with Crippen molar-refractivity contribution in [1.29, 1.82) is 0 Å². The van der Waals surface area contributed by atoms with Gasteiger partial charge in [0.1, 0.15) is 5.84 Å². The Balaban J connectivity index is 2.22. The summed E-state index contributed by atoms with van der Waals surface area (Å²) in [6, 6.07) is 0. The zero-order valence-corrected chi connectivity index (χ0v) is 6.67. The second-order valence-corrected chi connectivity index (χ2v) is 3.10.